The molecule has 0 spiro atoms. The summed E-state index contributed by atoms with van der Waals surface area (Å²) in [5.74, 6) is 0. The molecule has 1 aromatic heterocycles. The maximum atomic E-state index is 11.7. The van der Waals surface area contributed by atoms with Gasteiger partial charge in [-0.05, 0) is 18.6 Å². The molecule has 78 valence electrons. The van der Waals surface area contributed by atoms with Crippen LogP contribution in [0.2, 0.25) is 0 Å². The van der Waals surface area contributed by atoms with Gasteiger partial charge in [0, 0.05) is 31.0 Å². The van der Waals surface area contributed by atoms with E-state index in [9.17, 15) is 13.2 Å². The number of anilines is 1. The maximum absolute atomic E-state index is 11.7. The van der Waals surface area contributed by atoms with Gasteiger partial charge in [-0.2, -0.15) is 13.2 Å². The highest BCUT2D eigenvalue weighted by Gasteiger charge is 2.25. The number of pyridine rings is 1. The van der Waals surface area contributed by atoms with Crippen molar-refractivity contribution in [2.24, 2.45) is 0 Å². The molecule has 0 aromatic carbocycles. The molecule has 0 aliphatic rings. The van der Waals surface area contributed by atoms with E-state index in [-0.39, 0.29) is 6.42 Å². The van der Waals surface area contributed by atoms with Gasteiger partial charge in [0.25, 0.3) is 0 Å². The molecule has 0 bridgehead atoms. The Labute approximate surface area is 80.2 Å². The lowest BCUT2D eigenvalue weighted by Gasteiger charge is -2.07. The van der Waals surface area contributed by atoms with Gasteiger partial charge < -0.3 is 5.32 Å². The first-order chi connectivity index (χ1) is 6.58. The molecule has 0 saturated carbocycles. The molecule has 0 atom stereocenters. The summed E-state index contributed by atoms with van der Waals surface area (Å²) in [6.07, 6.45) is -1.53. The van der Waals surface area contributed by atoms with Crippen LogP contribution in [-0.2, 0) is 0 Å². The predicted octanol–water partition coefficient (Wildman–Crippen LogP) is 2.84. The molecule has 0 saturated heterocycles. The summed E-state index contributed by atoms with van der Waals surface area (Å²) in [7, 11) is 0. The van der Waals surface area contributed by atoms with Gasteiger partial charge in [-0.15, -0.1) is 0 Å². The van der Waals surface area contributed by atoms with Crippen LogP contribution < -0.4 is 5.32 Å². The number of nitrogens with one attached hydrogen (secondary N) is 1. The zero-order valence-electron chi connectivity index (χ0n) is 7.51. The lowest BCUT2D eigenvalue weighted by molar-refractivity contribution is -0.134. The van der Waals surface area contributed by atoms with E-state index in [1.165, 1.54) is 0 Å². The molecule has 0 unspecified atom stereocenters. The largest absolute Gasteiger partial charge is 0.389 e. The SMILES string of the molecule is FC(F)(F)CCCNc1ccncc1. The van der Waals surface area contributed by atoms with E-state index in [0.717, 1.165) is 5.69 Å². The van der Waals surface area contributed by atoms with E-state index in [1.54, 1.807) is 24.5 Å². The van der Waals surface area contributed by atoms with Gasteiger partial charge in [-0.1, -0.05) is 0 Å². The first-order valence-electron chi connectivity index (χ1n) is 4.28. The van der Waals surface area contributed by atoms with Crippen molar-refractivity contribution in [2.45, 2.75) is 19.0 Å². The van der Waals surface area contributed by atoms with Gasteiger partial charge in [0.15, 0.2) is 0 Å². The van der Waals surface area contributed by atoms with E-state index in [4.69, 9.17) is 0 Å². The van der Waals surface area contributed by atoms with Gasteiger partial charge in [0.1, 0.15) is 0 Å². The molecular formula is C9H11F3N2. The summed E-state index contributed by atoms with van der Waals surface area (Å²) in [6.45, 7) is 0.323. The summed E-state index contributed by atoms with van der Waals surface area (Å²) in [5, 5.41) is 2.88. The fourth-order valence-corrected chi connectivity index (χ4v) is 0.991. The molecule has 1 heterocycles. The molecule has 1 aromatic rings. The second-order valence-electron chi connectivity index (χ2n) is 2.88. The van der Waals surface area contributed by atoms with Crippen LogP contribution in [0.1, 0.15) is 12.8 Å². The average molecular weight is 204 g/mol. The van der Waals surface area contributed by atoms with E-state index in [2.05, 4.69) is 10.3 Å². The average Bonchev–Trinajstić information content (AvgIpc) is 2.13. The van der Waals surface area contributed by atoms with Crippen molar-refractivity contribution in [3.63, 3.8) is 0 Å². The summed E-state index contributed by atoms with van der Waals surface area (Å²) >= 11 is 0. The zero-order valence-corrected chi connectivity index (χ0v) is 7.51. The van der Waals surface area contributed by atoms with Crippen molar-refractivity contribution in [3.05, 3.63) is 24.5 Å². The van der Waals surface area contributed by atoms with Crippen LogP contribution >= 0.6 is 0 Å². The normalized spacial score (nSPS) is 11.4. The first kappa shape index (κ1) is 10.8. The predicted molar refractivity (Wildman–Crippen MR) is 48.0 cm³/mol. The number of rotatable bonds is 4. The monoisotopic (exact) mass is 204 g/mol. The fourth-order valence-electron chi connectivity index (χ4n) is 0.991. The molecule has 5 heteroatoms. The summed E-state index contributed by atoms with van der Waals surface area (Å²) < 4.78 is 35.2. The third kappa shape index (κ3) is 4.69. The Morgan fingerprint density at radius 3 is 2.43 bits per heavy atom. The van der Waals surface area contributed by atoms with Crippen molar-refractivity contribution in [1.82, 2.24) is 4.98 Å². The second kappa shape index (κ2) is 4.83. The van der Waals surface area contributed by atoms with E-state index >= 15 is 0 Å². The molecular weight excluding hydrogens is 193 g/mol. The Morgan fingerprint density at radius 1 is 1.21 bits per heavy atom. The number of alkyl halides is 3. The Morgan fingerprint density at radius 2 is 1.86 bits per heavy atom. The molecule has 1 N–H and O–H groups in total. The van der Waals surface area contributed by atoms with Crippen molar-refractivity contribution >= 4 is 5.69 Å². The van der Waals surface area contributed by atoms with E-state index in [0.29, 0.717) is 6.54 Å². The minimum absolute atomic E-state index is 0.0891. The quantitative estimate of drug-likeness (QED) is 0.763. The number of aromatic nitrogens is 1. The highest BCUT2D eigenvalue weighted by atomic mass is 19.4. The van der Waals surface area contributed by atoms with E-state index < -0.39 is 12.6 Å². The third-order valence-corrected chi connectivity index (χ3v) is 1.65. The van der Waals surface area contributed by atoms with Crippen molar-refractivity contribution < 1.29 is 13.2 Å². The van der Waals surface area contributed by atoms with Crippen molar-refractivity contribution in [1.29, 1.82) is 0 Å². The number of halogens is 3. The van der Waals surface area contributed by atoms with Crippen LogP contribution in [0, 0.1) is 0 Å². The topological polar surface area (TPSA) is 24.9 Å². The maximum Gasteiger partial charge on any atom is 0.389 e. The molecule has 2 nitrogen and oxygen atoms in total. The van der Waals surface area contributed by atoms with Gasteiger partial charge in [0.05, 0.1) is 0 Å². The van der Waals surface area contributed by atoms with Gasteiger partial charge in [-0.25, -0.2) is 0 Å². The Bertz CT molecular complexity index is 259. The lowest BCUT2D eigenvalue weighted by Crippen LogP contribution is -2.10. The Balaban J connectivity index is 2.17. The smallest absolute Gasteiger partial charge is 0.385 e. The van der Waals surface area contributed by atoms with Crippen molar-refractivity contribution in [3.8, 4) is 0 Å². The number of nitrogens with zero attached hydrogens (tertiary/aromatic N) is 1. The molecule has 0 aliphatic heterocycles. The highest BCUT2D eigenvalue weighted by Crippen LogP contribution is 2.21. The summed E-state index contributed by atoms with van der Waals surface area (Å²) in [4.78, 5) is 3.79. The number of hydrogen-bond acceptors (Lipinski definition) is 2. The fraction of sp³-hybridized carbons (Fsp3) is 0.444. The first-order valence-corrected chi connectivity index (χ1v) is 4.28. The van der Waals surface area contributed by atoms with Gasteiger partial charge >= 0.3 is 6.18 Å². The van der Waals surface area contributed by atoms with Crippen LogP contribution in [0.3, 0.4) is 0 Å². The standard InChI is InChI=1S/C9H11F3N2/c10-9(11,12)4-1-5-14-8-2-6-13-7-3-8/h2-3,6-7H,1,4-5H2,(H,13,14). The zero-order chi connectivity index (χ0) is 10.4. The molecule has 0 radical (unpaired) electrons. The van der Waals surface area contributed by atoms with Crippen LogP contribution in [-0.4, -0.2) is 17.7 Å². The minimum Gasteiger partial charge on any atom is -0.385 e. The summed E-state index contributed by atoms with van der Waals surface area (Å²) in [6, 6.07) is 3.43. The molecule has 0 fully saturated rings. The Kier molecular flexibility index (Phi) is 3.73. The van der Waals surface area contributed by atoms with E-state index in [1.807, 2.05) is 0 Å². The van der Waals surface area contributed by atoms with Crippen LogP contribution in [0.25, 0.3) is 0 Å². The highest BCUT2D eigenvalue weighted by molar-refractivity contribution is 5.40. The lowest BCUT2D eigenvalue weighted by atomic mass is 10.3. The van der Waals surface area contributed by atoms with Crippen molar-refractivity contribution in [2.75, 3.05) is 11.9 Å². The second-order valence-corrected chi connectivity index (χ2v) is 2.88. The number of hydrogen-bond donors (Lipinski definition) is 1. The third-order valence-electron chi connectivity index (χ3n) is 1.65. The van der Waals surface area contributed by atoms with Crippen LogP contribution in [0.4, 0.5) is 18.9 Å². The molecule has 1 rings (SSSR count). The summed E-state index contributed by atoms with van der Waals surface area (Å²) in [5.41, 5.74) is 0.794. The van der Waals surface area contributed by atoms with Gasteiger partial charge in [0.2, 0.25) is 0 Å². The minimum atomic E-state index is -4.06. The molecule has 14 heavy (non-hydrogen) atoms. The van der Waals surface area contributed by atoms with Gasteiger partial charge in [-0.3, -0.25) is 4.98 Å². The Hall–Kier alpha value is -1.26. The van der Waals surface area contributed by atoms with Crippen LogP contribution in [0.5, 0.6) is 0 Å². The molecule has 0 aliphatic carbocycles. The van der Waals surface area contributed by atoms with Crippen LogP contribution in [0.15, 0.2) is 24.5 Å². The molecule has 0 amide bonds.